The first-order valence-corrected chi connectivity index (χ1v) is 6.51. The summed E-state index contributed by atoms with van der Waals surface area (Å²) in [5.74, 6) is 0.902. The number of benzene rings is 1. The van der Waals surface area contributed by atoms with E-state index in [9.17, 15) is 0 Å². The number of aromatic nitrogens is 6. The maximum absolute atomic E-state index is 5.89. The Morgan fingerprint density at radius 3 is 2.71 bits per heavy atom. The normalized spacial score (nSPS) is 10.6. The van der Waals surface area contributed by atoms with Crippen molar-refractivity contribution in [3.8, 4) is 17.7 Å². The molecule has 0 unspecified atom stereocenters. The van der Waals surface area contributed by atoms with Crippen LogP contribution in [0.4, 0.5) is 0 Å². The third-order valence-electron chi connectivity index (χ3n) is 2.73. The molecular formula is C13H11ClN6O. The Balaban J connectivity index is 1.95. The Morgan fingerprint density at radius 1 is 1.14 bits per heavy atom. The zero-order chi connectivity index (χ0) is 14.8. The lowest BCUT2D eigenvalue weighted by atomic mass is 10.1. The molecule has 0 atom stereocenters. The van der Waals surface area contributed by atoms with Crippen molar-refractivity contribution in [2.45, 2.75) is 13.8 Å². The molecule has 0 aliphatic carbocycles. The third kappa shape index (κ3) is 2.97. The molecule has 0 saturated heterocycles. The summed E-state index contributed by atoms with van der Waals surface area (Å²) in [4.78, 5) is 15.9. The van der Waals surface area contributed by atoms with Crippen molar-refractivity contribution in [1.29, 1.82) is 0 Å². The fraction of sp³-hybridized carbons (Fsp3) is 0.154. The predicted molar refractivity (Wildman–Crippen MR) is 75.7 cm³/mol. The van der Waals surface area contributed by atoms with Gasteiger partial charge in [0.15, 0.2) is 0 Å². The Morgan fingerprint density at radius 2 is 2.00 bits per heavy atom. The standard InChI is InChI=1S/C13H11ClN6O/c1-8-3-4-10(9(2)5-8)21-13-18-11(14)17-12(19-13)20-7-15-6-16-20/h3-7H,1-2H3. The number of hydrogen-bond acceptors (Lipinski definition) is 6. The number of ether oxygens (including phenoxy) is 1. The largest absolute Gasteiger partial charge is 0.424 e. The van der Waals surface area contributed by atoms with Crippen molar-refractivity contribution in [3.63, 3.8) is 0 Å². The number of nitrogens with zero attached hydrogens (tertiary/aromatic N) is 6. The Labute approximate surface area is 125 Å². The average Bonchev–Trinajstić information content (AvgIpc) is 2.95. The van der Waals surface area contributed by atoms with Gasteiger partial charge in [-0.2, -0.15) is 24.7 Å². The fourth-order valence-corrected chi connectivity index (χ4v) is 1.94. The van der Waals surface area contributed by atoms with Crippen molar-refractivity contribution < 1.29 is 4.74 Å². The van der Waals surface area contributed by atoms with Crippen LogP contribution in [0.3, 0.4) is 0 Å². The first-order chi connectivity index (χ1) is 10.1. The molecule has 2 aromatic heterocycles. The summed E-state index contributed by atoms with van der Waals surface area (Å²) in [6.45, 7) is 3.96. The molecular weight excluding hydrogens is 292 g/mol. The van der Waals surface area contributed by atoms with Crippen molar-refractivity contribution in [2.24, 2.45) is 0 Å². The molecule has 0 radical (unpaired) electrons. The lowest BCUT2D eigenvalue weighted by Gasteiger charge is -2.08. The van der Waals surface area contributed by atoms with Gasteiger partial charge in [0.1, 0.15) is 18.4 Å². The van der Waals surface area contributed by atoms with E-state index in [1.807, 2.05) is 32.0 Å². The van der Waals surface area contributed by atoms with E-state index in [1.165, 1.54) is 17.3 Å². The molecule has 106 valence electrons. The maximum atomic E-state index is 5.89. The van der Waals surface area contributed by atoms with Gasteiger partial charge in [0, 0.05) is 0 Å². The number of rotatable bonds is 3. The summed E-state index contributed by atoms with van der Waals surface area (Å²) in [5.41, 5.74) is 2.13. The summed E-state index contributed by atoms with van der Waals surface area (Å²) < 4.78 is 7.05. The van der Waals surface area contributed by atoms with Gasteiger partial charge in [-0.3, -0.25) is 0 Å². The molecule has 0 saturated carbocycles. The van der Waals surface area contributed by atoms with Crippen LogP contribution in [0, 0.1) is 13.8 Å². The minimum Gasteiger partial charge on any atom is -0.424 e. The number of aryl methyl sites for hydroxylation is 2. The van der Waals surface area contributed by atoms with Gasteiger partial charge in [-0.05, 0) is 37.1 Å². The molecule has 0 spiro atoms. The van der Waals surface area contributed by atoms with Crippen molar-refractivity contribution >= 4 is 11.6 Å². The van der Waals surface area contributed by atoms with Crippen LogP contribution in [0.1, 0.15) is 11.1 Å². The van der Waals surface area contributed by atoms with Crippen LogP contribution in [0.2, 0.25) is 5.28 Å². The topological polar surface area (TPSA) is 78.6 Å². The highest BCUT2D eigenvalue weighted by molar-refractivity contribution is 6.28. The van der Waals surface area contributed by atoms with E-state index in [4.69, 9.17) is 16.3 Å². The van der Waals surface area contributed by atoms with Gasteiger partial charge in [0.05, 0.1) is 0 Å². The van der Waals surface area contributed by atoms with E-state index in [0.29, 0.717) is 5.75 Å². The van der Waals surface area contributed by atoms with Gasteiger partial charge in [-0.15, -0.1) is 0 Å². The van der Waals surface area contributed by atoms with Gasteiger partial charge in [-0.25, -0.2) is 4.98 Å². The minimum absolute atomic E-state index is 0.0234. The van der Waals surface area contributed by atoms with Crippen molar-refractivity contribution in [1.82, 2.24) is 29.7 Å². The maximum Gasteiger partial charge on any atom is 0.328 e. The van der Waals surface area contributed by atoms with Crippen molar-refractivity contribution in [2.75, 3.05) is 0 Å². The molecule has 8 heteroatoms. The number of halogens is 1. The molecule has 0 aliphatic rings. The smallest absolute Gasteiger partial charge is 0.328 e. The molecule has 0 amide bonds. The average molecular weight is 303 g/mol. The van der Waals surface area contributed by atoms with Crippen LogP contribution < -0.4 is 4.74 Å². The molecule has 1 aromatic carbocycles. The second kappa shape index (κ2) is 5.45. The SMILES string of the molecule is Cc1ccc(Oc2nc(Cl)nc(-n3cncn3)n2)c(C)c1. The highest BCUT2D eigenvalue weighted by Gasteiger charge is 2.10. The summed E-state index contributed by atoms with van der Waals surface area (Å²) in [5, 5.41) is 3.97. The summed E-state index contributed by atoms with van der Waals surface area (Å²) in [6.07, 6.45) is 2.84. The van der Waals surface area contributed by atoms with Gasteiger partial charge in [0.2, 0.25) is 5.28 Å². The summed E-state index contributed by atoms with van der Waals surface area (Å²) >= 11 is 5.89. The summed E-state index contributed by atoms with van der Waals surface area (Å²) in [6, 6.07) is 5.92. The first-order valence-electron chi connectivity index (χ1n) is 6.13. The van der Waals surface area contributed by atoms with Gasteiger partial charge < -0.3 is 4.74 Å². The molecule has 3 rings (SSSR count). The highest BCUT2D eigenvalue weighted by Crippen LogP contribution is 2.24. The van der Waals surface area contributed by atoms with E-state index >= 15 is 0 Å². The first kappa shape index (κ1) is 13.4. The predicted octanol–water partition coefficient (Wildman–Crippen LogP) is 2.51. The quantitative estimate of drug-likeness (QED) is 0.739. The monoisotopic (exact) mass is 302 g/mol. The lowest BCUT2D eigenvalue weighted by Crippen LogP contribution is -2.05. The molecule has 0 N–H and O–H groups in total. The molecule has 21 heavy (non-hydrogen) atoms. The van der Waals surface area contributed by atoms with Gasteiger partial charge >= 0.3 is 6.01 Å². The zero-order valence-electron chi connectivity index (χ0n) is 11.4. The van der Waals surface area contributed by atoms with E-state index in [-0.39, 0.29) is 17.2 Å². The highest BCUT2D eigenvalue weighted by atomic mass is 35.5. The zero-order valence-corrected chi connectivity index (χ0v) is 12.1. The molecule has 2 heterocycles. The van der Waals surface area contributed by atoms with Gasteiger partial charge in [-0.1, -0.05) is 17.7 Å². The second-order valence-electron chi connectivity index (χ2n) is 4.40. The molecule has 0 bridgehead atoms. The van der Waals surface area contributed by atoms with Crippen LogP contribution in [0.25, 0.3) is 5.95 Å². The molecule has 7 nitrogen and oxygen atoms in total. The van der Waals surface area contributed by atoms with E-state index in [1.54, 1.807) is 0 Å². The molecule has 0 fully saturated rings. The van der Waals surface area contributed by atoms with Crippen LogP contribution in [-0.2, 0) is 0 Å². The van der Waals surface area contributed by atoms with Gasteiger partial charge in [0.25, 0.3) is 5.95 Å². The fourth-order valence-electron chi connectivity index (χ4n) is 1.79. The Hall–Kier alpha value is -2.54. The van der Waals surface area contributed by atoms with Crippen LogP contribution in [-0.4, -0.2) is 29.7 Å². The van der Waals surface area contributed by atoms with E-state index in [0.717, 1.165) is 11.1 Å². The van der Waals surface area contributed by atoms with E-state index < -0.39 is 0 Å². The van der Waals surface area contributed by atoms with E-state index in [2.05, 4.69) is 25.0 Å². The molecule has 0 aliphatic heterocycles. The van der Waals surface area contributed by atoms with Crippen LogP contribution in [0.5, 0.6) is 11.8 Å². The number of hydrogen-bond donors (Lipinski definition) is 0. The Bertz CT molecular complexity index is 774. The lowest BCUT2D eigenvalue weighted by molar-refractivity contribution is 0.434. The Kier molecular flexibility index (Phi) is 3.49. The second-order valence-corrected chi connectivity index (χ2v) is 4.74. The molecule has 3 aromatic rings. The third-order valence-corrected chi connectivity index (χ3v) is 2.90. The summed E-state index contributed by atoms with van der Waals surface area (Å²) in [7, 11) is 0. The minimum atomic E-state index is 0.0234. The van der Waals surface area contributed by atoms with Crippen LogP contribution >= 0.6 is 11.6 Å². The van der Waals surface area contributed by atoms with Crippen LogP contribution in [0.15, 0.2) is 30.9 Å². The van der Waals surface area contributed by atoms with Crippen molar-refractivity contribution in [3.05, 3.63) is 47.3 Å².